The normalized spacial score (nSPS) is 18.1. The number of tetrazole rings is 1. The van der Waals surface area contributed by atoms with E-state index in [-0.39, 0.29) is 24.3 Å². The molecule has 0 radical (unpaired) electrons. The number of nitrogens with one attached hydrogen (secondary N) is 1. The molecule has 1 unspecified atom stereocenters. The van der Waals surface area contributed by atoms with Gasteiger partial charge in [-0.25, -0.2) is 4.68 Å². The molecule has 1 aliphatic rings. The molecule has 2 rings (SSSR count). The number of carbonyl (C=O) groups excluding carboxylic acids is 1. The number of aromatic nitrogens is 4. The number of carboxylic acids is 1. The van der Waals surface area contributed by atoms with Crippen molar-refractivity contribution in [3.8, 4) is 0 Å². The van der Waals surface area contributed by atoms with E-state index in [0.717, 1.165) is 35.9 Å². The number of hydrogen-bond acceptors (Lipinski definition) is 7. The topological polar surface area (TPSA) is 119 Å². The average molecular weight is 301 g/mol. The molecule has 9 nitrogen and oxygen atoms in total. The fourth-order valence-electron chi connectivity index (χ4n) is 1.74. The number of nitrogens with zero attached hydrogens (tertiary/aromatic N) is 4. The largest absolute Gasteiger partial charge is 0.480 e. The molecule has 0 aromatic carbocycles. The lowest BCUT2D eigenvalue weighted by Crippen LogP contribution is -2.33. The molecular formula is C10H15N5O4S. The third-order valence-corrected chi connectivity index (χ3v) is 3.62. The Hall–Kier alpha value is -1.68. The number of carbonyl (C=O) groups is 2. The van der Waals surface area contributed by atoms with Crippen molar-refractivity contribution in [3.05, 3.63) is 0 Å². The van der Waals surface area contributed by atoms with Gasteiger partial charge in [0.25, 0.3) is 0 Å². The Morgan fingerprint density at radius 1 is 1.55 bits per heavy atom. The van der Waals surface area contributed by atoms with Gasteiger partial charge in [0.1, 0.15) is 6.54 Å². The van der Waals surface area contributed by atoms with E-state index in [9.17, 15) is 9.59 Å². The SMILES string of the molecule is O=C(O)Cn1nnnc1SCC(=O)NCC1CCCO1. The van der Waals surface area contributed by atoms with Crippen LogP contribution in [0.2, 0.25) is 0 Å². The summed E-state index contributed by atoms with van der Waals surface area (Å²) >= 11 is 1.10. The van der Waals surface area contributed by atoms with E-state index in [1.165, 1.54) is 0 Å². The van der Waals surface area contributed by atoms with Crippen molar-refractivity contribution in [1.29, 1.82) is 0 Å². The lowest BCUT2D eigenvalue weighted by Gasteiger charge is -2.10. The minimum absolute atomic E-state index is 0.0984. The molecule has 1 aliphatic heterocycles. The second-order valence-electron chi connectivity index (χ2n) is 4.24. The van der Waals surface area contributed by atoms with Gasteiger partial charge in [-0.2, -0.15) is 0 Å². The van der Waals surface area contributed by atoms with E-state index >= 15 is 0 Å². The molecule has 1 atom stereocenters. The fraction of sp³-hybridized carbons (Fsp3) is 0.700. The van der Waals surface area contributed by atoms with E-state index < -0.39 is 5.97 Å². The Balaban J connectivity index is 1.72. The Bertz CT molecular complexity index is 474. The van der Waals surface area contributed by atoms with Gasteiger partial charge in [-0.1, -0.05) is 11.8 Å². The Morgan fingerprint density at radius 3 is 3.10 bits per heavy atom. The first-order chi connectivity index (χ1) is 9.65. The highest BCUT2D eigenvalue weighted by molar-refractivity contribution is 7.99. The highest BCUT2D eigenvalue weighted by Crippen LogP contribution is 2.13. The van der Waals surface area contributed by atoms with Crippen LogP contribution < -0.4 is 5.32 Å². The highest BCUT2D eigenvalue weighted by Gasteiger charge is 2.17. The predicted molar refractivity (Wildman–Crippen MR) is 68.2 cm³/mol. The number of carboxylic acid groups (broad SMARTS) is 1. The van der Waals surface area contributed by atoms with Crippen molar-refractivity contribution in [2.75, 3.05) is 18.9 Å². The van der Waals surface area contributed by atoms with Crippen LogP contribution in [-0.2, 0) is 20.9 Å². The van der Waals surface area contributed by atoms with Gasteiger partial charge < -0.3 is 15.2 Å². The molecular weight excluding hydrogens is 286 g/mol. The van der Waals surface area contributed by atoms with E-state index in [2.05, 4.69) is 20.8 Å². The van der Waals surface area contributed by atoms with Gasteiger partial charge in [0.05, 0.1) is 11.9 Å². The van der Waals surface area contributed by atoms with Crippen LogP contribution in [-0.4, -0.2) is 62.2 Å². The van der Waals surface area contributed by atoms with Crippen LogP contribution in [0.5, 0.6) is 0 Å². The highest BCUT2D eigenvalue weighted by atomic mass is 32.2. The Labute approximate surface area is 119 Å². The van der Waals surface area contributed by atoms with Gasteiger partial charge in [-0.3, -0.25) is 9.59 Å². The average Bonchev–Trinajstić information content (AvgIpc) is 3.04. The molecule has 0 spiro atoms. The first-order valence-corrected chi connectivity index (χ1v) is 7.13. The summed E-state index contributed by atoms with van der Waals surface area (Å²) in [5, 5.41) is 22.4. The van der Waals surface area contributed by atoms with Crippen molar-refractivity contribution < 1.29 is 19.4 Å². The maximum Gasteiger partial charge on any atom is 0.325 e. The summed E-state index contributed by atoms with van der Waals surface area (Å²) in [6.45, 7) is 0.922. The van der Waals surface area contributed by atoms with E-state index in [1.807, 2.05) is 0 Å². The van der Waals surface area contributed by atoms with Gasteiger partial charge in [0.15, 0.2) is 0 Å². The maximum atomic E-state index is 11.6. The minimum Gasteiger partial charge on any atom is -0.480 e. The van der Waals surface area contributed by atoms with E-state index in [0.29, 0.717) is 11.7 Å². The minimum atomic E-state index is -1.04. The Morgan fingerprint density at radius 2 is 2.40 bits per heavy atom. The molecule has 1 aromatic rings. The zero-order valence-corrected chi connectivity index (χ0v) is 11.5. The molecule has 1 saturated heterocycles. The van der Waals surface area contributed by atoms with Crippen LogP contribution in [0.4, 0.5) is 0 Å². The lowest BCUT2D eigenvalue weighted by atomic mass is 10.2. The molecule has 0 bridgehead atoms. The molecule has 2 heterocycles. The van der Waals surface area contributed by atoms with Gasteiger partial charge in [0, 0.05) is 13.2 Å². The zero-order valence-electron chi connectivity index (χ0n) is 10.7. The third-order valence-electron chi connectivity index (χ3n) is 2.67. The summed E-state index contributed by atoms with van der Waals surface area (Å²) < 4.78 is 6.53. The summed E-state index contributed by atoms with van der Waals surface area (Å²) in [6, 6.07) is 0. The lowest BCUT2D eigenvalue weighted by molar-refractivity contribution is -0.138. The van der Waals surface area contributed by atoms with Gasteiger partial charge >= 0.3 is 5.97 Å². The molecule has 20 heavy (non-hydrogen) atoms. The van der Waals surface area contributed by atoms with Crippen LogP contribution in [0, 0.1) is 0 Å². The predicted octanol–water partition coefficient (Wildman–Crippen LogP) is -0.855. The second kappa shape index (κ2) is 7.20. The van der Waals surface area contributed by atoms with Crippen molar-refractivity contribution in [2.24, 2.45) is 0 Å². The molecule has 0 saturated carbocycles. The number of thioether (sulfide) groups is 1. The molecule has 1 fully saturated rings. The molecule has 110 valence electrons. The standard InChI is InChI=1S/C10H15N5O4S/c16-8(11-4-7-2-1-3-19-7)6-20-10-12-13-14-15(10)5-9(17)18/h7H,1-6H2,(H,11,16)(H,17,18). The number of hydrogen-bond donors (Lipinski definition) is 2. The van der Waals surface area contributed by atoms with Crippen molar-refractivity contribution in [3.63, 3.8) is 0 Å². The number of amides is 1. The maximum absolute atomic E-state index is 11.6. The molecule has 0 aliphatic carbocycles. The van der Waals surface area contributed by atoms with Gasteiger partial charge in [-0.15, -0.1) is 5.10 Å². The van der Waals surface area contributed by atoms with Crippen molar-refractivity contribution in [1.82, 2.24) is 25.5 Å². The zero-order chi connectivity index (χ0) is 14.4. The van der Waals surface area contributed by atoms with E-state index in [1.54, 1.807) is 0 Å². The smallest absolute Gasteiger partial charge is 0.325 e. The summed E-state index contributed by atoms with van der Waals surface area (Å²) in [5.74, 6) is -1.07. The molecule has 2 N–H and O–H groups in total. The first-order valence-electron chi connectivity index (χ1n) is 6.14. The summed E-state index contributed by atoms with van der Waals surface area (Å²) in [5.41, 5.74) is 0. The van der Waals surface area contributed by atoms with Gasteiger partial charge in [0.2, 0.25) is 11.1 Å². The number of ether oxygens (including phenoxy) is 1. The summed E-state index contributed by atoms with van der Waals surface area (Å²) in [7, 11) is 0. The third kappa shape index (κ3) is 4.46. The summed E-state index contributed by atoms with van der Waals surface area (Å²) in [4.78, 5) is 22.2. The second-order valence-corrected chi connectivity index (χ2v) is 5.18. The quantitative estimate of drug-likeness (QED) is 0.625. The van der Waals surface area contributed by atoms with E-state index in [4.69, 9.17) is 9.84 Å². The molecule has 10 heteroatoms. The van der Waals surface area contributed by atoms with Crippen LogP contribution in [0.25, 0.3) is 0 Å². The van der Waals surface area contributed by atoms with Crippen LogP contribution in [0.3, 0.4) is 0 Å². The van der Waals surface area contributed by atoms with Crippen molar-refractivity contribution >= 4 is 23.6 Å². The Kier molecular flexibility index (Phi) is 5.30. The summed E-state index contributed by atoms with van der Waals surface area (Å²) in [6.07, 6.45) is 2.09. The van der Waals surface area contributed by atoms with Crippen LogP contribution in [0.1, 0.15) is 12.8 Å². The number of aliphatic carboxylic acids is 1. The van der Waals surface area contributed by atoms with Crippen LogP contribution >= 0.6 is 11.8 Å². The first kappa shape index (κ1) is 14.7. The van der Waals surface area contributed by atoms with Crippen LogP contribution in [0.15, 0.2) is 5.16 Å². The van der Waals surface area contributed by atoms with Crippen molar-refractivity contribution in [2.45, 2.75) is 30.6 Å². The monoisotopic (exact) mass is 301 g/mol. The molecule has 1 amide bonds. The fourth-order valence-corrected chi connectivity index (χ4v) is 2.45. The molecule has 1 aromatic heterocycles. The number of rotatable bonds is 7. The van der Waals surface area contributed by atoms with Gasteiger partial charge in [-0.05, 0) is 23.3 Å².